The zero-order chi connectivity index (χ0) is 14.5. The molecule has 0 aliphatic carbocycles. The zero-order valence-corrected chi connectivity index (χ0v) is 11.9. The van der Waals surface area contributed by atoms with Crippen LogP contribution in [0, 0.1) is 25.7 Å². The number of aromatic nitrogens is 2. The highest BCUT2D eigenvalue weighted by molar-refractivity contribution is 7.10. The van der Waals surface area contributed by atoms with Gasteiger partial charge in [0.25, 0.3) is 5.91 Å². The smallest absolute Gasteiger partial charge is 0.258 e. The predicted octanol–water partition coefficient (Wildman–Crippen LogP) is 1.75. The molecule has 2 rings (SSSR count). The van der Waals surface area contributed by atoms with E-state index < -0.39 is 0 Å². The highest BCUT2D eigenvalue weighted by atomic mass is 32.1. The minimum atomic E-state index is -0.275. The molecule has 0 aliphatic rings. The third-order valence-electron chi connectivity index (χ3n) is 2.36. The lowest BCUT2D eigenvalue weighted by atomic mass is 10.3. The number of nitrogens with zero attached hydrogens (tertiary/aromatic N) is 2. The molecule has 2 heterocycles. The van der Waals surface area contributed by atoms with Crippen LogP contribution in [-0.2, 0) is 0 Å². The summed E-state index contributed by atoms with van der Waals surface area (Å²) in [7, 11) is 0. The second kappa shape index (κ2) is 6.28. The molecule has 0 aromatic carbocycles. The minimum absolute atomic E-state index is 0.199. The van der Waals surface area contributed by atoms with E-state index in [9.17, 15) is 4.79 Å². The van der Waals surface area contributed by atoms with E-state index in [1.54, 1.807) is 11.4 Å². The van der Waals surface area contributed by atoms with Crippen LogP contribution in [0.5, 0.6) is 0 Å². The van der Waals surface area contributed by atoms with Gasteiger partial charge in [0.15, 0.2) is 0 Å². The van der Waals surface area contributed by atoms with E-state index in [1.165, 1.54) is 11.3 Å². The van der Waals surface area contributed by atoms with Crippen molar-refractivity contribution in [1.82, 2.24) is 9.97 Å². The van der Waals surface area contributed by atoms with E-state index in [4.69, 9.17) is 5.11 Å². The number of carbonyl (C=O) groups is 1. The van der Waals surface area contributed by atoms with Crippen molar-refractivity contribution in [3.8, 4) is 11.8 Å². The number of aryl methyl sites for hydroxylation is 2. The number of hydrogen-bond donors (Lipinski definition) is 2. The monoisotopic (exact) mass is 287 g/mol. The van der Waals surface area contributed by atoms with Crippen LogP contribution in [0.25, 0.3) is 0 Å². The van der Waals surface area contributed by atoms with Gasteiger partial charge in [-0.3, -0.25) is 10.1 Å². The van der Waals surface area contributed by atoms with Gasteiger partial charge < -0.3 is 5.11 Å². The van der Waals surface area contributed by atoms with E-state index in [-0.39, 0.29) is 12.5 Å². The Hall–Kier alpha value is -2.23. The molecule has 102 valence electrons. The Labute approximate surface area is 120 Å². The predicted molar refractivity (Wildman–Crippen MR) is 77.7 cm³/mol. The summed E-state index contributed by atoms with van der Waals surface area (Å²) in [6.45, 7) is 3.49. The van der Waals surface area contributed by atoms with Gasteiger partial charge in [-0.1, -0.05) is 11.8 Å². The summed E-state index contributed by atoms with van der Waals surface area (Å²) in [5, 5.41) is 13.0. The van der Waals surface area contributed by atoms with E-state index in [0.717, 1.165) is 16.3 Å². The quantitative estimate of drug-likeness (QED) is 0.825. The number of anilines is 1. The summed E-state index contributed by atoms with van der Waals surface area (Å²) < 4.78 is 0. The Kier molecular flexibility index (Phi) is 4.45. The number of aliphatic hydroxyl groups is 1. The molecule has 0 radical (unpaired) electrons. The molecule has 0 atom stereocenters. The molecule has 2 aromatic rings. The van der Waals surface area contributed by atoms with Crippen LogP contribution < -0.4 is 5.32 Å². The van der Waals surface area contributed by atoms with Crippen LogP contribution in [0.4, 0.5) is 5.95 Å². The standard InChI is InChI=1S/C14H13N3O2S/c1-9-6-10(2)16-14(15-9)17-13(19)11-7-12(20-8-11)4-3-5-18/h6-8,18H,5H2,1-2H3,(H,15,16,17,19). The van der Waals surface area contributed by atoms with E-state index in [2.05, 4.69) is 27.1 Å². The van der Waals surface area contributed by atoms with Gasteiger partial charge in [0.1, 0.15) is 6.61 Å². The van der Waals surface area contributed by atoms with E-state index >= 15 is 0 Å². The summed E-state index contributed by atoms with van der Waals surface area (Å²) >= 11 is 1.35. The van der Waals surface area contributed by atoms with Gasteiger partial charge in [-0.25, -0.2) is 9.97 Å². The maximum absolute atomic E-state index is 12.0. The Morgan fingerprint density at radius 2 is 2.05 bits per heavy atom. The van der Waals surface area contributed by atoms with Crippen LogP contribution in [0.3, 0.4) is 0 Å². The maximum atomic E-state index is 12.0. The van der Waals surface area contributed by atoms with Crippen molar-refractivity contribution in [2.75, 3.05) is 11.9 Å². The average molecular weight is 287 g/mol. The van der Waals surface area contributed by atoms with Crippen LogP contribution in [0.15, 0.2) is 17.5 Å². The molecule has 0 saturated carbocycles. The number of thiophene rings is 1. The second-order valence-corrected chi connectivity index (χ2v) is 5.00. The van der Waals surface area contributed by atoms with Crippen LogP contribution in [0.2, 0.25) is 0 Å². The number of rotatable bonds is 2. The van der Waals surface area contributed by atoms with Crippen LogP contribution >= 0.6 is 11.3 Å². The zero-order valence-electron chi connectivity index (χ0n) is 11.1. The molecule has 0 fully saturated rings. The number of nitrogens with one attached hydrogen (secondary N) is 1. The Morgan fingerprint density at radius 3 is 2.70 bits per heavy atom. The summed E-state index contributed by atoms with van der Waals surface area (Å²) in [5.41, 5.74) is 2.10. The number of amides is 1. The van der Waals surface area contributed by atoms with E-state index in [1.807, 2.05) is 19.9 Å². The normalized spacial score (nSPS) is 9.75. The SMILES string of the molecule is Cc1cc(C)nc(NC(=O)c2csc(C#CCO)c2)n1. The molecule has 20 heavy (non-hydrogen) atoms. The summed E-state index contributed by atoms with van der Waals surface area (Å²) in [6.07, 6.45) is 0. The first-order valence-electron chi connectivity index (χ1n) is 5.90. The van der Waals surface area contributed by atoms with Crippen molar-refractivity contribution in [3.63, 3.8) is 0 Å². The van der Waals surface area contributed by atoms with Crippen molar-refractivity contribution >= 4 is 23.2 Å². The molecule has 5 nitrogen and oxygen atoms in total. The van der Waals surface area contributed by atoms with Gasteiger partial charge in [-0.15, -0.1) is 11.3 Å². The molecule has 0 aliphatic heterocycles. The van der Waals surface area contributed by atoms with Crippen molar-refractivity contribution in [2.45, 2.75) is 13.8 Å². The molecule has 0 spiro atoms. The average Bonchev–Trinajstić information content (AvgIpc) is 2.83. The highest BCUT2D eigenvalue weighted by Gasteiger charge is 2.10. The van der Waals surface area contributed by atoms with Crippen LogP contribution in [0.1, 0.15) is 26.6 Å². The molecule has 6 heteroatoms. The van der Waals surface area contributed by atoms with Crippen LogP contribution in [-0.4, -0.2) is 27.6 Å². The fourth-order valence-electron chi connectivity index (χ4n) is 1.60. The Bertz CT molecular complexity index is 678. The van der Waals surface area contributed by atoms with Gasteiger partial charge in [-0.2, -0.15) is 0 Å². The lowest BCUT2D eigenvalue weighted by Crippen LogP contribution is -2.14. The van der Waals surface area contributed by atoms with Gasteiger partial charge in [0, 0.05) is 16.8 Å². The first-order valence-corrected chi connectivity index (χ1v) is 6.78. The highest BCUT2D eigenvalue weighted by Crippen LogP contribution is 2.15. The number of aliphatic hydroxyl groups excluding tert-OH is 1. The minimum Gasteiger partial charge on any atom is -0.384 e. The Morgan fingerprint density at radius 1 is 1.35 bits per heavy atom. The summed E-state index contributed by atoms with van der Waals surface area (Å²) in [6, 6.07) is 3.51. The first-order chi connectivity index (χ1) is 9.58. The van der Waals surface area contributed by atoms with Crippen molar-refractivity contribution in [1.29, 1.82) is 0 Å². The molecule has 0 unspecified atom stereocenters. The fraction of sp³-hybridized carbons (Fsp3) is 0.214. The topological polar surface area (TPSA) is 75.1 Å². The molecular weight excluding hydrogens is 274 g/mol. The third-order valence-corrected chi connectivity index (χ3v) is 3.21. The molecule has 0 saturated heterocycles. The Balaban J connectivity index is 2.13. The van der Waals surface area contributed by atoms with Gasteiger partial charge >= 0.3 is 0 Å². The lowest BCUT2D eigenvalue weighted by Gasteiger charge is -2.04. The molecule has 1 amide bonds. The summed E-state index contributed by atoms with van der Waals surface area (Å²) in [4.78, 5) is 21.1. The van der Waals surface area contributed by atoms with Gasteiger partial charge in [0.05, 0.1) is 10.4 Å². The van der Waals surface area contributed by atoms with E-state index in [0.29, 0.717) is 11.5 Å². The number of hydrogen-bond acceptors (Lipinski definition) is 5. The largest absolute Gasteiger partial charge is 0.384 e. The summed E-state index contributed by atoms with van der Waals surface area (Å²) in [5.74, 6) is 5.32. The second-order valence-electron chi connectivity index (χ2n) is 4.09. The first kappa shape index (κ1) is 14.2. The maximum Gasteiger partial charge on any atom is 0.258 e. The molecule has 2 N–H and O–H groups in total. The van der Waals surface area contributed by atoms with Crippen molar-refractivity contribution in [2.24, 2.45) is 0 Å². The third kappa shape index (κ3) is 3.63. The molecule has 0 bridgehead atoms. The number of carbonyl (C=O) groups excluding carboxylic acids is 1. The van der Waals surface area contributed by atoms with Gasteiger partial charge in [-0.05, 0) is 26.0 Å². The van der Waals surface area contributed by atoms with Crippen molar-refractivity contribution < 1.29 is 9.90 Å². The molecule has 2 aromatic heterocycles. The fourth-order valence-corrected chi connectivity index (χ4v) is 2.36. The van der Waals surface area contributed by atoms with Crippen molar-refractivity contribution in [3.05, 3.63) is 39.3 Å². The molecular formula is C14H13N3O2S. The van der Waals surface area contributed by atoms with Gasteiger partial charge in [0.2, 0.25) is 5.95 Å². The lowest BCUT2D eigenvalue weighted by molar-refractivity contribution is 0.102.